The van der Waals surface area contributed by atoms with Crippen molar-refractivity contribution in [1.29, 1.82) is 0 Å². The number of hydrogen-bond acceptors (Lipinski definition) is 4. The monoisotopic (exact) mass is 440 g/mol. The van der Waals surface area contributed by atoms with Crippen molar-refractivity contribution in [2.45, 2.75) is 20.8 Å². The first-order chi connectivity index (χ1) is 15.7. The zero-order chi connectivity index (χ0) is 24.1. The number of rotatable bonds is 6. The molecule has 4 amide bonds. The highest BCUT2D eigenvalue weighted by Gasteiger charge is 2.36. The molecule has 0 saturated carbocycles. The molecule has 1 N–H and O–H groups in total. The lowest BCUT2D eigenvalue weighted by Gasteiger charge is -2.06. The summed E-state index contributed by atoms with van der Waals surface area (Å²) < 4.78 is 0. The molecule has 1 aromatic rings. The Kier molecular flexibility index (Phi) is 6.98. The molecular weight excluding hydrogens is 416 g/mol. The lowest BCUT2D eigenvalue weighted by atomic mass is 9.97. The van der Waals surface area contributed by atoms with E-state index < -0.39 is 23.6 Å². The van der Waals surface area contributed by atoms with Crippen LogP contribution in [-0.2, 0) is 9.59 Å². The van der Waals surface area contributed by atoms with Crippen molar-refractivity contribution in [1.82, 2.24) is 10.2 Å². The van der Waals surface area contributed by atoms with Crippen LogP contribution in [0.2, 0.25) is 0 Å². The highest BCUT2D eigenvalue weighted by molar-refractivity contribution is 6.25. The fraction of sp³-hybridized carbons (Fsp3) is 0.111. The number of imide groups is 2. The van der Waals surface area contributed by atoms with Crippen LogP contribution in [0.15, 0.2) is 96.3 Å². The van der Waals surface area contributed by atoms with Crippen molar-refractivity contribution in [3.05, 3.63) is 113 Å². The van der Waals surface area contributed by atoms with Gasteiger partial charge in [0.25, 0.3) is 23.6 Å². The van der Waals surface area contributed by atoms with Gasteiger partial charge in [0.15, 0.2) is 0 Å². The smallest absolute Gasteiger partial charge is 0.265 e. The first-order valence-electron chi connectivity index (χ1n) is 10.3. The number of allylic oxidation sites excluding steroid dienone is 10. The number of likely N-dealkylation sites (tertiary alicyclic amines) is 1. The van der Waals surface area contributed by atoms with Gasteiger partial charge in [-0.05, 0) is 56.2 Å². The summed E-state index contributed by atoms with van der Waals surface area (Å²) in [6.07, 6.45) is 15.6. The zero-order valence-corrected chi connectivity index (χ0v) is 18.7. The highest BCUT2D eigenvalue weighted by Crippen LogP contribution is 2.29. The van der Waals surface area contributed by atoms with Crippen molar-refractivity contribution in [3.8, 4) is 0 Å². The largest absolute Gasteiger partial charge is 0.288 e. The Bertz CT molecular complexity index is 1250. The fourth-order valence-electron chi connectivity index (χ4n) is 3.31. The molecule has 2 aliphatic heterocycles. The number of nitrogens with one attached hydrogen (secondary N) is 1. The molecule has 6 heteroatoms. The Morgan fingerprint density at radius 2 is 1.58 bits per heavy atom. The average molecular weight is 440 g/mol. The van der Waals surface area contributed by atoms with E-state index in [1.165, 1.54) is 11.8 Å². The molecule has 1 aromatic carbocycles. The van der Waals surface area contributed by atoms with Gasteiger partial charge in [0.1, 0.15) is 0 Å². The third kappa shape index (κ3) is 4.96. The first kappa shape index (κ1) is 23.3. The highest BCUT2D eigenvalue weighted by atomic mass is 16.2. The van der Waals surface area contributed by atoms with E-state index in [-0.39, 0.29) is 16.7 Å². The SMILES string of the molecule is C=C1C(=O)N(/C=C/C=C/C=C/C=C(C)C)C(=O)/C1=C/C(=C\C)c1ccc2c(c1)C(=O)NC2=O. The quantitative estimate of drug-likeness (QED) is 0.403. The molecule has 2 heterocycles. The molecule has 1 saturated heterocycles. The molecule has 0 aromatic heterocycles. The van der Waals surface area contributed by atoms with Gasteiger partial charge in [-0.3, -0.25) is 24.5 Å². The molecule has 166 valence electrons. The van der Waals surface area contributed by atoms with Crippen molar-refractivity contribution < 1.29 is 19.2 Å². The van der Waals surface area contributed by atoms with E-state index >= 15 is 0 Å². The van der Waals surface area contributed by atoms with Gasteiger partial charge in [-0.15, -0.1) is 0 Å². The number of carbonyl (C=O) groups excluding carboxylic acids is 4. The minimum atomic E-state index is -0.495. The minimum Gasteiger partial charge on any atom is -0.288 e. The normalized spacial score (nSPS) is 17.9. The number of carbonyl (C=O) groups is 4. The number of benzene rings is 1. The van der Waals surface area contributed by atoms with Gasteiger partial charge < -0.3 is 0 Å². The van der Waals surface area contributed by atoms with E-state index in [9.17, 15) is 19.2 Å². The molecular formula is C27H24N2O4. The van der Waals surface area contributed by atoms with E-state index in [1.807, 2.05) is 32.1 Å². The van der Waals surface area contributed by atoms with Crippen LogP contribution in [-0.4, -0.2) is 28.5 Å². The Morgan fingerprint density at radius 1 is 0.909 bits per heavy atom. The second-order valence-corrected chi connectivity index (χ2v) is 7.66. The molecule has 6 nitrogen and oxygen atoms in total. The summed E-state index contributed by atoms with van der Waals surface area (Å²) in [5.74, 6) is -1.87. The summed E-state index contributed by atoms with van der Waals surface area (Å²) in [6, 6.07) is 4.85. The van der Waals surface area contributed by atoms with Crippen LogP contribution >= 0.6 is 0 Å². The van der Waals surface area contributed by atoms with E-state index in [4.69, 9.17) is 0 Å². The number of amides is 4. The van der Waals surface area contributed by atoms with Gasteiger partial charge in [-0.25, -0.2) is 4.90 Å². The van der Waals surface area contributed by atoms with E-state index in [1.54, 1.807) is 55.5 Å². The molecule has 0 atom stereocenters. The summed E-state index contributed by atoms with van der Waals surface area (Å²) >= 11 is 0. The third-order valence-corrected chi connectivity index (χ3v) is 5.04. The van der Waals surface area contributed by atoms with Crippen LogP contribution < -0.4 is 5.32 Å². The van der Waals surface area contributed by atoms with Crippen LogP contribution in [0.1, 0.15) is 47.1 Å². The molecule has 0 spiro atoms. The molecule has 3 rings (SSSR count). The average Bonchev–Trinajstić information content (AvgIpc) is 3.17. The van der Waals surface area contributed by atoms with E-state index in [0.29, 0.717) is 16.7 Å². The Labute approximate surface area is 192 Å². The van der Waals surface area contributed by atoms with Gasteiger partial charge in [0.2, 0.25) is 0 Å². The predicted octanol–water partition coefficient (Wildman–Crippen LogP) is 4.42. The van der Waals surface area contributed by atoms with Crippen molar-refractivity contribution in [3.63, 3.8) is 0 Å². The molecule has 0 bridgehead atoms. The Hall–Kier alpha value is -4.32. The van der Waals surface area contributed by atoms with Gasteiger partial charge in [0, 0.05) is 11.8 Å². The minimum absolute atomic E-state index is 0.0884. The summed E-state index contributed by atoms with van der Waals surface area (Å²) in [7, 11) is 0. The predicted molar refractivity (Wildman–Crippen MR) is 128 cm³/mol. The lowest BCUT2D eigenvalue weighted by Crippen LogP contribution is -2.23. The van der Waals surface area contributed by atoms with E-state index in [0.717, 1.165) is 4.90 Å². The van der Waals surface area contributed by atoms with Crippen molar-refractivity contribution >= 4 is 29.2 Å². The molecule has 1 fully saturated rings. The maximum atomic E-state index is 12.9. The second kappa shape index (κ2) is 9.87. The maximum Gasteiger partial charge on any atom is 0.265 e. The molecule has 2 aliphatic rings. The molecule has 0 unspecified atom stereocenters. The van der Waals surface area contributed by atoms with Gasteiger partial charge in [-0.1, -0.05) is 54.7 Å². The third-order valence-electron chi connectivity index (χ3n) is 5.04. The maximum absolute atomic E-state index is 12.9. The van der Waals surface area contributed by atoms with Gasteiger partial charge in [0.05, 0.1) is 16.7 Å². The van der Waals surface area contributed by atoms with Crippen LogP contribution in [0.25, 0.3) is 5.57 Å². The molecule has 0 radical (unpaired) electrons. The lowest BCUT2D eigenvalue weighted by molar-refractivity contribution is -0.133. The zero-order valence-electron chi connectivity index (χ0n) is 18.7. The molecule has 0 aliphatic carbocycles. The summed E-state index contributed by atoms with van der Waals surface area (Å²) in [4.78, 5) is 50.2. The number of fused-ring (bicyclic) bond motifs is 1. The van der Waals surface area contributed by atoms with Crippen molar-refractivity contribution in [2.24, 2.45) is 0 Å². The standard InChI is InChI=1S/C27H24N2O4/c1-5-19(20-12-13-21-23(16-20)25(31)28-24(21)30)15-22-18(4)26(32)29(27(22)33)14-10-8-6-7-9-11-17(2)3/h5-16H,4H2,1-3H3,(H,28,30,31)/b8-6+,9-7+,14-10+,19-5+,22-15+. The fourth-order valence-corrected chi connectivity index (χ4v) is 3.31. The van der Waals surface area contributed by atoms with Crippen molar-refractivity contribution in [2.75, 3.05) is 0 Å². The van der Waals surface area contributed by atoms with Gasteiger partial charge >= 0.3 is 0 Å². The summed E-state index contributed by atoms with van der Waals surface area (Å²) in [5.41, 5.74) is 3.29. The van der Waals surface area contributed by atoms with Crippen LogP contribution in [0.4, 0.5) is 0 Å². The topological polar surface area (TPSA) is 83.6 Å². The summed E-state index contributed by atoms with van der Waals surface area (Å²) in [5, 5.41) is 2.25. The van der Waals surface area contributed by atoms with Crippen LogP contribution in [0, 0.1) is 0 Å². The Morgan fingerprint density at radius 3 is 2.27 bits per heavy atom. The second-order valence-electron chi connectivity index (χ2n) is 7.66. The summed E-state index contributed by atoms with van der Waals surface area (Å²) in [6.45, 7) is 9.55. The first-order valence-corrected chi connectivity index (χ1v) is 10.3. The van der Waals surface area contributed by atoms with E-state index in [2.05, 4.69) is 11.9 Å². The molecule has 33 heavy (non-hydrogen) atoms. The number of nitrogens with zero attached hydrogens (tertiary/aromatic N) is 1. The number of hydrogen-bond donors (Lipinski definition) is 1. The van der Waals surface area contributed by atoms with Gasteiger partial charge in [-0.2, -0.15) is 0 Å². The Balaban J connectivity index is 1.82. The van der Waals surface area contributed by atoms with Crippen LogP contribution in [0.5, 0.6) is 0 Å². The van der Waals surface area contributed by atoms with Crippen LogP contribution in [0.3, 0.4) is 0 Å².